The first kappa shape index (κ1) is 14.3. The van der Waals surface area contributed by atoms with E-state index in [1.54, 1.807) is 12.4 Å². The van der Waals surface area contributed by atoms with Crippen molar-refractivity contribution in [1.29, 1.82) is 0 Å². The summed E-state index contributed by atoms with van der Waals surface area (Å²) in [6.07, 6.45) is 5.53. The van der Waals surface area contributed by atoms with Gasteiger partial charge in [-0.3, -0.25) is 4.79 Å². The van der Waals surface area contributed by atoms with Gasteiger partial charge in [-0.15, -0.1) is 0 Å². The van der Waals surface area contributed by atoms with Crippen LogP contribution in [0.4, 0.5) is 5.95 Å². The largest absolute Gasteiger partial charge is 0.484 e. The van der Waals surface area contributed by atoms with E-state index >= 15 is 0 Å². The summed E-state index contributed by atoms with van der Waals surface area (Å²) in [6.45, 7) is 1.78. The Kier molecular flexibility index (Phi) is 4.18. The lowest BCUT2D eigenvalue weighted by Crippen LogP contribution is -2.32. The molecule has 1 aromatic heterocycles. The number of nitrogen functional groups attached to an aromatic ring is 1. The van der Waals surface area contributed by atoms with Crippen molar-refractivity contribution in [3.8, 4) is 16.9 Å². The number of rotatable bonds is 4. The molecule has 0 atom stereocenters. The third kappa shape index (κ3) is 3.33. The van der Waals surface area contributed by atoms with E-state index in [0.29, 0.717) is 5.75 Å². The van der Waals surface area contributed by atoms with Crippen molar-refractivity contribution in [1.82, 2.24) is 14.9 Å². The molecule has 0 spiro atoms. The molecular weight excluding hydrogens is 280 g/mol. The summed E-state index contributed by atoms with van der Waals surface area (Å²) < 4.78 is 5.55. The molecule has 6 nitrogen and oxygen atoms in total. The number of nitrogens with two attached hydrogens (primary N) is 1. The Morgan fingerprint density at radius 3 is 2.36 bits per heavy atom. The molecule has 1 saturated heterocycles. The van der Waals surface area contributed by atoms with Crippen molar-refractivity contribution < 1.29 is 9.53 Å². The number of hydrogen-bond donors (Lipinski definition) is 1. The summed E-state index contributed by atoms with van der Waals surface area (Å²) in [6, 6.07) is 7.49. The molecule has 114 valence electrons. The molecule has 1 aromatic carbocycles. The lowest BCUT2D eigenvalue weighted by molar-refractivity contribution is -0.132. The number of amides is 1. The van der Waals surface area contributed by atoms with E-state index in [2.05, 4.69) is 9.97 Å². The molecule has 6 heteroatoms. The topological polar surface area (TPSA) is 81.3 Å². The van der Waals surface area contributed by atoms with E-state index in [-0.39, 0.29) is 18.5 Å². The van der Waals surface area contributed by atoms with Crippen LogP contribution in [0.15, 0.2) is 36.7 Å². The highest BCUT2D eigenvalue weighted by Crippen LogP contribution is 2.21. The Bertz CT molecular complexity index is 634. The highest BCUT2D eigenvalue weighted by atomic mass is 16.5. The van der Waals surface area contributed by atoms with Crippen LogP contribution in [0.3, 0.4) is 0 Å². The van der Waals surface area contributed by atoms with Gasteiger partial charge in [-0.25, -0.2) is 9.97 Å². The van der Waals surface area contributed by atoms with Crippen molar-refractivity contribution in [2.45, 2.75) is 12.8 Å². The number of carbonyl (C=O) groups excluding carboxylic acids is 1. The van der Waals surface area contributed by atoms with Crippen LogP contribution in [0.5, 0.6) is 5.75 Å². The Balaban J connectivity index is 1.59. The van der Waals surface area contributed by atoms with Gasteiger partial charge in [0.15, 0.2) is 6.61 Å². The molecule has 1 aliphatic rings. The Hall–Kier alpha value is -2.63. The Morgan fingerprint density at radius 2 is 1.73 bits per heavy atom. The van der Waals surface area contributed by atoms with Crippen LogP contribution in [0.25, 0.3) is 11.1 Å². The fourth-order valence-corrected chi connectivity index (χ4v) is 2.43. The molecule has 0 bridgehead atoms. The lowest BCUT2D eigenvalue weighted by atomic mass is 10.1. The van der Waals surface area contributed by atoms with Crippen LogP contribution in [-0.2, 0) is 4.79 Å². The van der Waals surface area contributed by atoms with Crippen LogP contribution >= 0.6 is 0 Å². The minimum absolute atomic E-state index is 0.0495. The van der Waals surface area contributed by atoms with E-state index < -0.39 is 0 Å². The molecule has 1 fully saturated rings. The summed E-state index contributed by atoms with van der Waals surface area (Å²) in [5.41, 5.74) is 7.32. The molecule has 3 rings (SSSR count). The average molecular weight is 298 g/mol. The number of carbonyl (C=O) groups is 1. The van der Waals surface area contributed by atoms with Crippen molar-refractivity contribution >= 4 is 11.9 Å². The Labute approximate surface area is 128 Å². The third-order valence-electron chi connectivity index (χ3n) is 3.68. The number of nitrogens with zero attached hydrogens (tertiary/aromatic N) is 3. The molecule has 0 saturated carbocycles. The monoisotopic (exact) mass is 298 g/mol. The molecule has 2 N–H and O–H groups in total. The predicted octanol–water partition coefficient (Wildman–Crippen LogP) is 1.73. The molecule has 0 aliphatic carbocycles. The fraction of sp³-hybridized carbons (Fsp3) is 0.312. The number of likely N-dealkylation sites (tertiary alicyclic amines) is 1. The van der Waals surface area contributed by atoms with E-state index in [4.69, 9.17) is 10.5 Å². The molecule has 1 amide bonds. The van der Waals surface area contributed by atoms with E-state index in [0.717, 1.165) is 37.1 Å². The molecule has 22 heavy (non-hydrogen) atoms. The summed E-state index contributed by atoms with van der Waals surface area (Å²) in [4.78, 5) is 21.7. The average Bonchev–Trinajstić information content (AvgIpc) is 3.08. The van der Waals surface area contributed by atoms with Gasteiger partial charge >= 0.3 is 0 Å². The second kappa shape index (κ2) is 6.43. The first-order valence-corrected chi connectivity index (χ1v) is 7.31. The van der Waals surface area contributed by atoms with Gasteiger partial charge in [0, 0.05) is 31.0 Å². The summed E-state index contributed by atoms with van der Waals surface area (Å²) in [5, 5.41) is 0. The molecular formula is C16H18N4O2. The molecule has 0 radical (unpaired) electrons. The van der Waals surface area contributed by atoms with Gasteiger partial charge in [-0.05, 0) is 30.5 Å². The fourth-order valence-electron chi connectivity index (χ4n) is 2.43. The third-order valence-corrected chi connectivity index (χ3v) is 3.68. The number of aromatic nitrogens is 2. The van der Waals surface area contributed by atoms with Crippen molar-refractivity contribution in [3.05, 3.63) is 36.7 Å². The zero-order chi connectivity index (χ0) is 15.4. The van der Waals surface area contributed by atoms with Gasteiger partial charge in [-0.1, -0.05) is 12.1 Å². The number of ether oxygens (including phenoxy) is 1. The number of benzene rings is 1. The van der Waals surface area contributed by atoms with Crippen LogP contribution in [0.1, 0.15) is 12.8 Å². The van der Waals surface area contributed by atoms with Crippen LogP contribution in [0, 0.1) is 0 Å². The van der Waals surface area contributed by atoms with Crippen LogP contribution < -0.4 is 10.5 Å². The minimum atomic E-state index is 0.0495. The minimum Gasteiger partial charge on any atom is -0.484 e. The standard InChI is InChI=1S/C16H18N4O2/c17-16-18-9-13(10-19-16)12-3-5-14(6-4-12)22-11-15(21)20-7-1-2-8-20/h3-6,9-10H,1-2,7-8,11H2,(H2,17,18,19). The quantitative estimate of drug-likeness (QED) is 0.929. The SMILES string of the molecule is Nc1ncc(-c2ccc(OCC(=O)N3CCCC3)cc2)cn1. The van der Waals surface area contributed by atoms with E-state index in [1.807, 2.05) is 29.2 Å². The van der Waals surface area contributed by atoms with Crippen molar-refractivity contribution in [2.24, 2.45) is 0 Å². The van der Waals surface area contributed by atoms with Crippen LogP contribution in [-0.4, -0.2) is 40.5 Å². The normalized spacial score (nSPS) is 14.1. The van der Waals surface area contributed by atoms with Gasteiger partial charge < -0.3 is 15.4 Å². The Morgan fingerprint density at radius 1 is 1.09 bits per heavy atom. The second-order valence-electron chi connectivity index (χ2n) is 5.23. The number of anilines is 1. The maximum absolute atomic E-state index is 11.9. The number of hydrogen-bond acceptors (Lipinski definition) is 5. The maximum atomic E-state index is 11.9. The molecule has 1 aliphatic heterocycles. The van der Waals surface area contributed by atoms with Gasteiger partial charge in [0.2, 0.25) is 5.95 Å². The van der Waals surface area contributed by atoms with Gasteiger partial charge in [0.25, 0.3) is 5.91 Å². The highest BCUT2D eigenvalue weighted by molar-refractivity contribution is 5.78. The molecule has 2 aromatic rings. The van der Waals surface area contributed by atoms with Gasteiger partial charge in [-0.2, -0.15) is 0 Å². The van der Waals surface area contributed by atoms with Crippen LogP contribution in [0.2, 0.25) is 0 Å². The zero-order valence-electron chi connectivity index (χ0n) is 12.2. The smallest absolute Gasteiger partial charge is 0.260 e. The summed E-state index contributed by atoms with van der Waals surface area (Å²) in [5.74, 6) is 0.977. The lowest BCUT2D eigenvalue weighted by Gasteiger charge is -2.15. The summed E-state index contributed by atoms with van der Waals surface area (Å²) in [7, 11) is 0. The van der Waals surface area contributed by atoms with Gasteiger partial charge in [0.1, 0.15) is 5.75 Å². The first-order valence-electron chi connectivity index (χ1n) is 7.31. The van der Waals surface area contributed by atoms with Crippen molar-refractivity contribution in [2.75, 3.05) is 25.4 Å². The second-order valence-corrected chi connectivity index (χ2v) is 5.23. The predicted molar refractivity (Wildman–Crippen MR) is 83.2 cm³/mol. The van der Waals surface area contributed by atoms with Crippen molar-refractivity contribution in [3.63, 3.8) is 0 Å². The van der Waals surface area contributed by atoms with E-state index in [9.17, 15) is 4.79 Å². The summed E-state index contributed by atoms with van der Waals surface area (Å²) >= 11 is 0. The molecule has 0 unspecified atom stereocenters. The first-order chi connectivity index (χ1) is 10.7. The van der Waals surface area contributed by atoms with Gasteiger partial charge in [0.05, 0.1) is 0 Å². The zero-order valence-corrected chi connectivity index (χ0v) is 12.2. The van der Waals surface area contributed by atoms with E-state index in [1.165, 1.54) is 0 Å². The molecule has 2 heterocycles. The maximum Gasteiger partial charge on any atom is 0.260 e. The highest BCUT2D eigenvalue weighted by Gasteiger charge is 2.17.